The van der Waals surface area contributed by atoms with Crippen molar-refractivity contribution in [3.8, 4) is 0 Å². The van der Waals surface area contributed by atoms with Crippen LogP contribution >= 0.6 is 0 Å². The zero-order valence-electron chi connectivity index (χ0n) is 9.75. The highest BCUT2D eigenvalue weighted by atomic mass is 16.2. The van der Waals surface area contributed by atoms with Gasteiger partial charge in [-0.3, -0.25) is 0 Å². The van der Waals surface area contributed by atoms with Crippen LogP contribution in [0.3, 0.4) is 0 Å². The number of aliphatic hydroxyl groups excluding tert-OH is 1. The van der Waals surface area contributed by atoms with Crippen LogP contribution in [-0.4, -0.2) is 12.2 Å². The molecule has 0 spiro atoms. The van der Waals surface area contributed by atoms with Crippen LogP contribution in [0, 0.1) is 0 Å². The zero-order chi connectivity index (χ0) is 11.4. The summed E-state index contributed by atoms with van der Waals surface area (Å²) in [5.41, 5.74) is 2.46. The van der Waals surface area contributed by atoms with E-state index in [1.54, 1.807) is 0 Å². The molecule has 0 amide bonds. The molecule has 0 heterocycles. The number of hydrogen-bond donors (Lipinski definition) is 1. The molecule has 0 aromatic heterocycles. The van der Waals surface area contributed by atoms with E-state index in [9.17, 15) is 0 Å². The number of benzene rings is 1. The van der Waals surface area contributed by atoms with E-state index in [2.05, 4.69) is 25.6 Å². The molecule has 0 radical (unpaired) electrons. The van der Waals surface area contributed by atoms with Gasteiger partial charge in [-0.15, -0.1) is 0 Å². The molecular weight excluding hydrogens is 172 g/mol. The Kier molecular flexibility index (Phi) is 13.1. The summed E-state index contributed by atoms with van der Waals surface area (Å²) in [6, 6.07) is 10.3. The average Bonchev–Trinajstić information content (AvgIpc) is 2.34. The summed E-state index contributed by atoms with van der Waals surface area (Å²) in [6.07, 6.45) is 1.03. The van der Waals surface area contributed by atoms with Crippen molar-refractivity contribution in [2.75, 3.05) is 7.11 Å². The summed E-state index contributed by atoms with van der Waals surface area (Å²) in [5, 5.41) is 7.00. The van der Waals surface area contributed by atoms with E-state index in [0.717, 1.165) is 13.5 Å². The maximum absolute atomic E-state index is 7.00. The third kappa shape index (κ3) is 6.44. The van der Waals surface area contributed by atoms with Gasteiger partial charge in [0.2, 0.25) is 0 Å². The van der Waals surface area contributed by atoms with Crippen molar-refractivity contribution in [1.82, 2.24) is 0 Å². The van der Waals surface area contributed by atoms with Crippen molar-refractivity contribution in [2.45, 2.75) is 27.2 Å². The Morgan fingerprint density at radius 2 is 1.57 bits per heavy atom. The Labute approximate surface area is 88.1 Å². The molecule has 0 unspecified atom stereocenters. The van der Waals surface area contributed by atoms with Gasteiger partial charge in [0.05, 0.1) is 0 Å². The highest BCUT2D eigenvalue weighted by Crippen LogP contribution is 2.13. The molecule has 1 heteroatoms. The number of rotatable bonds is 2. The van der Waals surface area contributed by atoms with Crippen molar-refractivity contribution in [3.05, 3.63) is 42.5 Å². The monoisotopic (exact) mass is 194 g/mol. The second kappa shape index (κ2) is 11.9. The van der Waals surface area contributed by atoms with Gasteiger partial charge in [-0.25, -0.2) is 0 Å². The molecule has 80 valence electrons. The predicted molar refractivity (Wildman–Crippen MR) is 65.3 cm³/mol. The van der Waals surface area contributed by atoms with E-state index < -0.39 is 0 Å². The topological polar surface area (TPSA) is 20.2 Å². The second-order valence-corrected chi connectivity index (χ2v) is 2.32. The van der Waals surface area contributed by atoms with Crippen LogP contribution in [0.2, 0.25) is 0 Å². The summed E-state index contributed by atoms with van der Waals surface area (Å²) >= 11 is 0. The molecule has 0 saturated carbocycles. The summed E-state index contributed by atoms with van der Waals surface area (Å²) in [4.78, 5) is 0. The first-order chi connectivity index (χ1) is 6.84. The minimum atomic E-state index is 1.00. The largest absolute Gasteiger partial charge is 0.400 e. The Hall–Kier alpha value is -1.08. The van der Waals surface area contributed by atoms with Gasteiger partial charge < -0.3 is 5.11 Å². The lowest BCUT2D eigenvalue weighted by atomic mass is 10.1. The first kappa shape index (κ1) is 15.4. The Morgan fingerprint density at radius 3 is 1.93 bits per heavy atom. The quantitative estimate of drug-likeness (QED) is 0.760. The Morgan fingerprint density at radius 1 is 1.14 bits per heavy atom. The van der Waals surface area contributed by atoms with E-state index in [4.69, 9.17) is 5.11 Å². The molecular formula is C13H22O. The lowest BCUT2D eigenvalue weighted by Crippen LogP contribution is -1.77. The van der Waals surface area contributed by atoms with Gasteiger partial charge in [-0.2, -0.15) is 0 Å². The SMILES string of the molecule is C=C(CC)c1ccccc1.CC.CO. The lowest BCUT2D eigenvalue weighted by Gasteiger charge is -1.99. The third-order valence-electron chi connectivity index (χ3n) is 1.61. The van der Waals surface area contributed by atoms with E-state index in [1.807, 2.05) is 32.0 Å². The Balaban J connectivity index is 0. The maximum atomic E-state index is 7.00. The van der Waals surface area contributed by atoms with E-state index >= 15 is 0 Å². The van der Waals surface area contributed by atoms with Crippen LogP contribution in [0.15, 0.2) is 36.9 Å². The first-order valence-electron chi connectivity index (χ1n) is 5.02. The van der Waals surface area contributed by atoms with E-state index in [-0.39, 0.29) is 0 Å². The number of allylic oxidation sites excluding steroid dienone is 1. The predicted octanol–water partition coefficient (Wildman–Crippen LogP) is 3.74. The van der Waals surface area contributed by atoms with Crippen molar-refractivity contribution in [2.24, 2.45) is 0 Å². The van der Waals surface area contributed by atoms with Gasteiger partial charge in [0.15, 0.2) is 0 Å². The molecule has 0 bridgehead atoms. The van der Waals surface area contributed by atoms with Crippen molar-refractivity contribution < 1.29 is 5.11 Å². The number of hydrogen-bond acceptors (Lipinski definition) is 1. The molecule has 14 heavy (non-hydrogen) atoms. The molecule has 1 N–H and O–H groups in total. The van der Waals surface area contributed by atoms with Gasteiger partial charge in [0.1, 0.15) is 0 Å². The first-order valence-corrected chi connectivity index (χ1v) is 5.02. The lowest BCUT2D eigenvalue weighted by molar-refractivity contribution is 0.399. The average molecular weight is 194 g/mol. The fourth-order valence-corrected chi connectivity index (χ4v) is 0.878. The van der Waals surface area contributed by atoms with Gasteiger partial charge >= 0.3 is 0 Å². The Bertz CT molecular complexity index is 214. The van der Waals surface area contributed by atoms with Gasteiger partial charge in [0, 0.05) is 7.11 Å². The second-order valence-electron chi connectivity index (χ2n) is 2.32. The van der Waals surface area contributed by atoms with Crippen LogP contribution in [0.1, 0.15) is 32.8 Å². The summed E-state index contributed by atoms with van der Waals surface area (Å²) in [7, 11) is 1.00. The van der Waals surface area contributed by atoms with Crippen LogP contribution in [-0.2, 0) is 0 Å². The molecule has 1 aromatic carbocycles. The standard InChI is InChI=1S/C10H12.C2H6.CH4O/c1-3-9(2)10-7-5-4-6-8-10;2*1-2/h4-8H,2-3H2,1H3;1-2H3;2H,1H3. The van der Waals surface area contributed by atoms with Gasteiger partial charge in [-0.1, -0.05) is 57.7 Å². The smallest absolute Gasteiger partial charge is 0.0319 e. The number of aliphatic hydroxyl groups is 1. The van der Waals surface area contributed by atoms with Crippen molar-refractivity contribution in [3.63, 3.8) is 0 Å². The fourth-order valence-electron chi connectivity index (χ4n) is 0.878. The molecule has 0 aliphatic rings. The summed E-state index contributed by atoms with van der Waals surface area (Å²) in [6.45, 7) is 10.1. The van der Waals surface area contributed by atoms with Crippen molar-refractivity contribution in [1.29, 1.82) is 0 Å². The highest BCUT2D eigenvalue weighted by Gasteiger charge is 1.91. The minimum Gasteiger partial charge on any atom is -0.400 e. The third-order valence-corrected chi connectivity index (χ3v) is 1.61. The molecule has 0 fully saturated rings. The van der Waals surface area contributed by atoms with Gasteiger partial charge in [-0.05, 0) is 17.6 Å². The molecule has 1 aromatic rings. The zero-order valence-corrected chi connectivity index (χ0v) is 9.75. The van der Waals surface area contributed by atoms with E-state index in [0.29, 0.717) is 0 Å². The molecule has 0 aliphatic heterocycles. The summed E-state index contributed by atoms with van der Waals surface area (Å²) < 4.78 is 0. The fraction of sp³-hybridized carbons (Fsp3) is 0.385. The maximum Gasteiger partial charge on any atom is 0.0319 e. The normalized spacial score (nSPS) is 7.50. The summed E-state index contributed by atoms with van der Waals surface area (Å²) in [5.74, 6) is 0. The minimum absolute atomic E-state index is 1.00. The molecule has 0 atom stereocenters. The highest BCUT2D eigenvalue weighted by molar-refractivity contribution is 5.62. The van der Waals surface area contributed by atoms with Crippen molar-refractivity contribution >= 4 is 5.57 Å². The molecule has 1 rings (SSSR count). The van der Waals surface area contributed by atoms with Crippen LogP contribution in [0.4, 0.5) is 0 Å². The van der Waals surface area contributed by atoms with Crippen LogP contribution in [0.5, 0.6) is 0 Å². The molecule has 0 saturated heterocycles. The van der Waals surface area contributed by atoms with Crippen LogP contribution in [0.25, 0.3) is 5.57 Å². The molecule has 1 nitrogen and oxygen atoms in total. The van der Waals surface area contributed by atoms with E-state index in [1.165, 1.54) is 11.1 Å². The van der Waals surface area contributed by atoms with Crippen LogP contribution < -0.4 is 0 Å². The van der Waals surface area contributed by atoms with Gasteiger partial charge in [0.25, 0.3) is 0 Å². The molecule has 0 aliphatic carbocycles.